The molecule has 2 aliphatic heterocycles. The van der Waals surface area contributed by atoms with Gasteiger partial charge in [-0.05, 0) is 6.42 Å². The molecule has 0 aromatic rings. The molecule has 0 radical (unpaired) electrons. The number of ether oxygens (including phenoxy) is 2. The molecule has 0 aromatic heterocycles. The Bertz CT molecular complexity index is 317. The Morgan fingerprint density at radius 3 is 3.00 bits per heavy atom. The van der Waals surface area contributed by atoms with Crippen LogP contribution >= 0.6 is 0 Å². The Hall–Kier alpha value is -1.34. The summed E-state index contributed by atoms with van der Waals surface area (Å²) in [6.07, 6.45) is 0.308. The largest absolute Gasteiger partial charge is 0.453 e. The van der Waals surface area contributed by atoms with Crippen molar-refractivity contribution in [3.8, 4) is 0 Å². The number of hydrogen-bond donors (Lipinski definition) is 2. The number of methoxy groups -OCH3 is 1. The van der Waals surface area contributed by atoms with Gasteiger partial charge in [-0.15, -0.1) is 0 Å². The van der Waals surface area contributed by atoms with Gasteiger partial charge in [0.2, 0.25) is 5.91 Å². The van der Waals surface area contributed by atoms with Crippen molar-refractivity contribution in [2.45, 2.75) is 18.5 Å². The molecule has 0 spiro atoms. The van der Waals surface area contributed by atoms with Crippen LogP contribution in [0.1, 0.15) is 6.42 Å². The topological polar surface area (TPSA) is 79.9 Å². The van der Waals surface area contributed by atoms with Crippen molar-refractivity contribution in [3.63, 3.8) is 0 Å². The fourth-order valence-electron chi connectivity index (χ4n) is 2.25. The minimum atomic E-state index is -0.451. The van der Waals surface area contributed by atoms with E-state index in [0.29, 0.717) is 32.8 Å². The molecule has 2 unspecified atom stereocenters. The van der Waals surface area contributed by atoms with Crippen LogP contribution in [0.25, 0.3) is 0 Å². The van der Waals surface area contributed by atoms with Crippen LogP contribution in [0.4, 0.5) is 4.79 Å². The van der Waals surface area contributed by atoms with Gasteiger partial charge in [-0.1, -0.05) is 0 Å². The van der Waals surface area contributed by atoms with Crippen molar-refractivity contribution < 1.29 is 19.1 Å². The maximum atomic E-state index is 12.1. The third-order valence-corrected chi connectivity index (χ3v) is 3.23. The Kier molecular flexibility index (Phi) is 4.38. The highest BCUT2D eigenvalue weighted by Crippen LogP contribution is 2.11. The average molecular weight is 257 g/mol. The molecular formula is C11H19N3O4. The Morgan fingerprint density at radius 2 is 2.33 bits per heavy atom. The van der Waals surface area contributed by atoms with E-state index in [4.69, 9.17) is 4.74 Å². The van der Waals surface area contributed by atoms with E-state index < -0.39 is 6.09 Å². The number of carbonyl (C=O) groups is 2. The molecule has 7 nitrogen and oxygen atoms in total. The number of likely N-dealkylation sites (tertiary alicyclic amines) is 1. The highest BCUT2D eigenvalue weighted by molar-refractivity contribution is 5.82. The van der Waals surface area contributed by atoms with Crippen molar-refractivity contribution in [2.24, 2.45) is 0 Å². The molecule has 2 rings (SSSR count). The SMILES string of the molecule is COC(=O)NC1CCN(C(=O)C2COCCN2)C1. The third kappa shape index (κ3) is 3.11. The van der Waals surface area contributed by atoms with Crippen LogP contribution in [0.15, 0.2) is 0 Å². The van der Waals surface area contributed by atoms with Gasteiger partial charge in [0.15, 0.2) is 0 Å². The molecular weight excluding hydrogens is 238 g/mol. The minimum absolute atomic E-state index is 0.0223. The molecule has 2 heterocycles. The van der Waals surface area contributed by atoms with Crippen LogP contribution in [-0.4, -0.2) is 68.9 Å². The lowest BCUT2D eigenvalue weighted by Crippen LogP contribution is -2.52. The first-order valence-corrected chi connectivity index (χ1v) is 6.15. The van der Waals surface area contributed by atoms with Crippen LogP contribution in [0.5, 0.6) is 0 Å². The lowest BCUT2D eigenvalue weighted by atomic mass is 10.2. The summed E-state index contributed by atoms with van der Waals surface area (Å²) in [6.45, 7) is 2.96. The van der Waals surface area contributed by atoms with Gasteiger partial charge >= 0.3 is 6.09 Å². The summed E-state index contributed by atoms with van der Waals surface area (Å²) in [4.78, 5) is 25.0. The van der Waals surface area contributed by atoms with Crippen molar-refractivity contribution in [1.29, 1.82) is 0 Å². The number of nitrogens with zero attached hydrogens (tertiary/aromatic N) is 1. The Labute approximate surface area is 106 Å². The molecule has 2 fully saturated rings. The molecule has 2 saturated heterocycles. The number of morpholine rings is 1. The van der Waals surface area contributed by atoms with Crippen LogP contribution in [-0.2, 0) is 14.3 Å². The number of hydrogen-bond acceptors (Lipinski definition) is 5. The normalized spacial score (nSPS) is 27.9. The summed E-state index contributed by atoms with van der Waals surface area (Å²) in [5.41, 5.74) is 0. The van der Waals surface area contributed by atoms with Gasteiger partial charge < -0.3 is 25.0 Å². The van der Waals surface area contributed by atoms with E-state index in [1.54, 1.807) is 4.90 Å². The first kappa shape index (κ1) is 13.1. The van der Waals surface area contributed by atoms with E-state index >= 15 is 0 Å². The van der Waals surface area contributed by atoms with Crippen molar-refractivity contribution in [3.05, 3.63) is 0 Å². The van der Waals surface area contributed by atoms with Crippen molar-refractivity contribution in [2.75, 3.05) is 40.0 Å². The third-order valence-electron chi connectivity index (χ3n) is 3.23. The van der Waals surface area contributed by atoms with E-state index in [-0.39, 0.29) is 18.0 Å². The van der Waals surface area contributed by atoms with E-state index in [1.165, 1.54) is 7.11 Å². The summed E-state index contributed by atoms with van der Waals surface area (Å²) in [5.74, 6) is 0.0452. The molecule has 0 bridgehead atoms. The number of amides is 2. The number of rotatable bonds is 2. The minimum Gasteiger partial charge on any atom is -0.453 e. The summed E-state index contributed by atoms with van der Waals surface area (Å²) in [7, 11) is 1.33. The predicted octanol–water partition coefficient (Wildman–Crippen LogP) is -1.07. The van der Waals surface area contributed by atoms with Gasteiger partial charge in [-0.25, -0.2) is 4.79 Å². The predicted molar refractivity (Wildman–Crippen MR) is 63.1 cm³/mol. The van der Waals surface area contributed by atoms with Gasteiger partial charge in [0.1, 0.15) is 6.04 Å². The quantitative estimate of drug-likeness (QED) is 0.658. The summed E-state index contributed by atoms with van der Waals surface area (Å²) in [5, 5.41) is 5.84. The lowest BCUT2D eigenvalue weighted by molar-refractivity contribution is -0.135. The van der Waals surface area contributed by atoms with Crippen LogP contribution in [0.3, 0.4) is 0 Å². The van der Waals surface area contributed by atoms with Crippen molar-refractivity contribution in [1.82, 2.24) is 15.5 Å². The van der Waals surface area contributed by atoms with Crippen LogP contribution < -0.4 is 10.6 Å². The molecule has 18 heavy (non-hydrogen) atoms. The number of nitrogens with one attached hydrogen (secondary N) is 2. The zero-order valence-corrected chi connectivity index (χ0v) is 10.5. The lowest BCUT2D eigenvalue weighted by Gasteiger charge is -2.27. The first-order valence-electron chi connectivity index (χ1n) is 6.15. The fraction of sp³-hybridized carbons (Fsp3) is 0.818. The zero-order valence-electron chi connectivity index (χ0n) is 10.5. The molecule has 0 aromatic carbocycles. The molecule has 2 amide bonds. The van der Waals surface area contributed by atoms with Gasteiger partial charge in [-0.2, -0.15) is 0 Å². The van der Waals surface area contributed by atoms with E-state index in [1.807, 2.05) is 0 Å². The van der Waals surface area contributed by atoms with Gasteiger partial charge in [0, 0.05) is 19.6 Å². The van der Waals surface area contributed by atoms with Gasteiger partial charge in [-0.3, -0.25) is 4.79 Å². The standard InChI is InChI=1S/C11H19N3O4/c1-17-11(16)13-8-2-4-14(6-8)10(15)9-7-18-5-3-12-9/h8-9,12H,2-7H2,1H3,(H,13,16). The number of carbonyl (C=O) groups excluding carboxylic acids is 2. The highest BCUT2D eigenvalue weighted by Gasteiger charge is 2.32. The molecule has 0 aliphatic carbocycles. The molecule has 7 heteroatoms. The maximum Gasteiger partial charge on any atom is 0.407 e. The Balaban J connectivity index is 1.80. The van der Waals surface area contributed by atoms with E-state index in [9.17, 15) is 9.59 Å². The maximum absolute atomic E-state index is 12.1. The van der Waals surface area contributed by atoms with Crippen molar-refractivity contribution >= 4 is 12.0 Å². The highest BCUT2D eigenvalue weighted by atomic mass is 16.5. The summed E-state index contributed by atoms with van der Waals surface area (Å²) < 4.78 is 9.81. The second-order valence-corrected chi connectivity index (χ2v) is 4.49. The summed E-state index contributed by atoms with van der Waals surface area (Å²) >= 11 is 0. The van der Waals surface area contributed by atoms with Gasteiger partial charge in [0.25, 0.3) is 0 Å². The van der Waals surface area contributed by atoms with Crippen LogP contribution in [0, 0.1) is 0 Å². The summed E-state index contributed by atoms with van der Waals surface area (Å²) in [6, 6.07) is -0.276. The molecule has 0 saturated carbocycles. The number of alkyl carbamates (subject to hydrolysis) is 1. The zero-order chi connectivity index (χ0) is 13.0. The first-order chi connectivity index (χ1) is 8.70. The van der Waals surface area contributed by atoms with Crippen LogP contribution in [0.2, 0.25) is 0 Å². The second kappa shape index (κ2) is 6.01. The van der Waals surface area contributed by atoms with Gasteiger partial charge in [0.05, 0.1) is 26.4 Å². The average Bonchev–Trinajstić information content (AvgIpc) is 2.87. The molecule has 102 valence electrons. The van der Waals surface area contributed by atoms with E-state index in [0.717, 1.165) is 6.42 Å². The monoisotopic (exact) mass is 257 g/mol. The second-order valence-electron chi connectivity index (χ2n) is 4.49. The smallest absolute Gasteiger partial charge is 0.407 e. The fourth-order valence-corrected chi connectivity index (χ4v) is 2.25. The molecule has 2 aliphatic rings. The molecule has 2 atom stereocenters. The Morgan fingerprint density at radius 1 is 1.50 bits per heavy atom. The van der Waals surface area contributed by atoms with E-state index in [2.05, 4.69) is 15.4 Å². The molecule has 2 N–H and O–H groups in total.